The number of nitrogens with one attached hydrogen (secondary N) is 1. The summed E-state index contributed by atoms with van der Waals surface area (Å²) >= 11 is 5.93. The first-order valence-electron chi connectivity index (χ1n) is 10.8. The second-order valence-corrected chi connectivity index (χ2v) is 10.5. The number of morpholine rings is 1. The molecule has 9 nitrogen and oxygen atoms in total. The first-order chi connectivity index (χ1) is 15.2. The molecule has 178 valence electrons. The van der Waals surface area contributed by atoms with Crippen LogP contribution in [0.5, 0.6) is 0 Å². The fraction of sp³-hybridized carbons (Fsp3) is 0.619. The minimum Gasteiger partial charge on any atom is -0.378 e. The number of hydrogen-bond donors (Lipinski definition) is 1. The molecule has 2 amide bonds. The Morgan fingerprint density at radius 3 is 2.31 bits per heavy atom. The monoisotopic (exact) mass is 486 g/mol. The standard InChI is InChI=1S/C21H31ClN4O5S/c1-16(2)20(23-32(29,30)18-5-3-4-17(22)14-18)21(28)26-8-6-24(7-9-26)15-19(27)25-10-12-31-13-11-25/h3-5,14,16,20,23H,6-13,15H2,1-2H3. The Morgan fingerprint density at radius 2 is 1.72 bits per heavy atom. The van der Waals surface area contributed by atoms with Crippen molar-refractivity contribution in [1.82, 2.24) is 19.4 Å². The molecule has 2 saturated heterocycles. The molecule has 2 aliphatic heterocycles. The van der Waals surface area contributed by atoms with Crippen LogP contribution in [0.25, 0.3) is 0 Å². The van der Waals surface area contributed by atoms with E-state index in [1.165, 1.54) is 12.1 Å². The highest BCUT2D eigenvalue weighted by Crippen LogP contribution is 2.18. The molecular weight excluding hydrogens is 456 g/mol. The predicted octanol–water partition coefficient (Wildman–Crippen LogP) is 0.646. The third kappa shape index (κ3) is 6.41. The van der Waals surface area contributed by atoms with Gasteiger partial charge >= 0.3 is 0 Å². The molecule has 2 heterocycles. The molecule has 1 aromatic carbocycles. The van der Waals surface area contributed by atoms with Gasteiger partial charge in [-0.05, 0) is 24.1 Å². The lowest BCUT2D eigenvalue weighted by Crippen LogP contribution is -2.57. The Morgan fingerprint density at radius 1 is 1.06 bits per heavy atom. The van der Waals surface area contributed by atoms with E-state index in [1.54, 1.807) is 35.8 Å². The number of amides is 2. The van der Waals surface area contributed by atoms with Gasteiger partial charge in [0.15, 0.2) is 0 Å². The first kappa shape index (κ1) is 24.9. The first-order valence-corrected chi connectivity index (χ1v) is 12.7. The van der Waals surface area contributed by atoms with Gasteiger partial charge in [-0.25, -0.2) is 8.42 Å². The van der Waals surface area contributed by atoms with Gasteiger partial charge in [0.1, 0.15) is 6.04 Å². The topological polar surface area (TPSA) is 99.3 Å². The largest absolute Gasteiger partial charge is 0.378 e. The number of piperazine rings is 1. The number of ether oxygens (including phenoxy) is 1. The van der Waals surface area contributed by atoms with Crippen LogP contribution in [0.3, 0.4) is 0 Å². The zero-order chi connectivity index (χ0) is 23.3. The quantitative estimate of drug-likeness (QED) is 0.607. The predicted molar refractivity (Wildman–Crippen MR) is 121 cm³/mol. The van der Waals surface area contributed by atoms with Crippen LogP contribution in [-0.4, -0.2) is 100 Å². The van der Waals surface area contributed by atoms with Crippen LogP contribution < -0.4 is 4.72 Å². The highest BCUT2D eigenvalue weighted by atomic mass is 35.5. The van der Waals surface area contributed by atoms with Crippen molar-refractivity contribution in [3.8, 4) is 0 Å². The molecule has 0 aromatic heterocycles. The van der Waals surface area contributed by atoms with Gasteiger partial charge in [-0.3, -0.25) is 14.5 Å². The van der Waals surface area contributed by atoms with E-state index in [9.17, 15) is 18.0 Å². The summed E-state index contributed by atoms with van der Waals surface area (Å²) in [4.78, 5) is 31.1. The van der Waals surface area contributed by atoms with Gasteiger partial charge in [-0.15, -0.1) is 0 Å². The van der Waals surface area contributed by atoms with E-state index < -0.39 is 16.1 Å². The number of rotatable bonds is 7. The normalized spacial score (nSPS) is 19.2. The maximum atomic E-state index is 13.2. The van der Waals surface area contributed by atoms with Crippen LogP contribution in [0.1, 0.15) is 13.8 Å². The minimum atomic E-state index is -3.90. The smallest absolute Gasteiger partial charge is 0.241 e. The lowest BCUT2D eigenvalue weighted by atomic mass is 10.0. The zero-order valence-corrected chi connectivity index (χ0v) is 20.1. The van der Waals surface area contributed by atoms with Crippen molar-refractivity contribution >= 4 is 33.4 Å². The van der Waals surface area contributed by atoms with Crippen molar-refractivity contribution in [2.24, 2.45) is 5.92 Å². The minimum absolute atomic E-state index is 0.0231. The van der Waals surface area contributed by atoms with E-state index >= 15 is 0 Å². The Kier molecular flexibility index (Phi) is 8.51. The summed E-state index contributed by atoms with van der Waals surface area (Å²) in [6, 6.07) is 5.06. The van der Waals surface area contributed by atoms with E-state index in [0.29, 0.717) is 64.0 Å². The van der Waals surface area contributed by atoms with Crippen molar-refractivity contribution in [3.05, 3.63) is 29.3 Å². The molecule has 1 unspecified atom stereocenters. The summed E-state index contributed by atoms with van der Waals surface area (Å²) in [5.74, 6) is -0.426. The number of nitrogens with zero attached hydrogens (tertiary/aromatic N) is 3. The Bertz CT molecular complexity index is 913. The lowest BCUT2D eigenvalue weighted by molar-refractivity contribution is -0.138. The molecular formula is C21H31ClN4O5S. The molecule has 11 heteroatoms. The number of carbonyl (C=O) groups excluding carboxylic acids is 2. The van der Waals surface area contributed by atoms with Crippen molar-refractivity contribution in [1.29, 1.82) is 0 Å². The second kappa shape index (κ2) is 10.9. The zero-order valence-electron chi connectivity index (χ0n) is 18.5. The Balaban J connectivity index is 1.57. The summed E-state index contributed by atoms with van der Waals surface area (Å²) < 4.78 is 33.5. The van der Waals surface area contributed by atoms with Gasteiger partial charge in [0.05, 0.1) is 24.7 Å². The highest BCUT2D eigenvalue weighted by Gasteiger charge is 2.33. The van der Waals surface area contributed by atoms with E-state index in [0.717, 1.165) is 0 Å². The van der Waals surface area contributed by atoms with Gasteiger partial charge in [0.25, 0.3) is 0 Å². The van der Waals surface area contributed by atoms with E-state index in [4.69, 9.17) is 16.3 Å². The van der Waals surface area contributed by atoms with Crippen molar-refractivity contribution in [3.63, 3.8) is 0 Å². The second-order valence-electron chi connectivity index (χ2n) is 8.39. The van der Waals surface area contributed by atoms with Gasteiger partial charge in [0, 0.05) is 44.3 Å². The molecule has 2 fully saturated rings. The molecule has 1 N–H and O–H groups in total. The summed E-state index contributed by atoms with van der Waals surface area (Å²) in [5, 5.41) is 0.308. The summed E-state index contributed by atoms with van der Waals surface area (Å²) in [5.41, 5.74) is 0. The third-order valence-electron chi connectivity index (χ3n) is 5.73. The number of sulfonamides is 1. The number of carbonyl (C=O) groups is 2. The SMILES string of the molecule is CC(C)C(NS(=O)(=O)c1cccc(Cl)c1)C(=O)N1CCN(CC(=O)N2CCOCC2)CC1. The molecule has 0 bridgehead atoms. The van der Waals surface area contributed by atoms with Crippen molar-refractivity contribution in [2.75, 3.05) is 59.0 Å². The molecule has 0 aliphatic carbocycles. The number of halogens is 1. The Hall–Kier alpha value is -1.72. The molecule has 0 saturated carbocycles. The molecule has 0 spiro atoms. The molecule has 2 aliphatic rings. The van der Waals surface area contributed by atoms with E-state index in [1.807, 2.05) is 4.90 Å². The number of benzene rings is 1. The Labute approximate surface area is 194 Å². The van der Waals surface area contributed by atoms with Crippen molar-refractivity contribution in [2.45, 2.75) is 24.8 Å². The molecule has 0 radical (unpaired) electrons. The average molecular weight is 487 g/mol. The fourth-order valence-electron chi connectivity index (χ4n) is 3.77. The molecule has 3 rings (SSSR count). The van der Waals surface area contributed by atoms with Crippen LogP contribution in [0.4, 0.5) is 0 Å². The van der Waals surface area contributed by atoms with Crippen LogP contribution in [0, 0.1) is 5.92 Å². The van der Waals surface area contributed by atoms with Crippen LogP contribution >= 0.6 is 11.6 Å². The fourth-order valence-corrected chi connectivity index (χ4v) is 5.41. The number of hydrogen-bond acceptors (Lipinski definition) is 6. The van der Waals surface area contributed by atoms with Crippen molar-refractivity contribution < 1.29 is 22.7 Å². The van der Waals surface area contributed by atoms with Gasteiger partial charge in [-0.1, -0.05) is 31.5 Å². The average Bonchev–Trinajstić information content (AvgIpc) is 2.78. The highest BCUT2D eigenvalue weighted by molar-refractivity contribution is 7.89. The van der Waals surface area contributed by atoms with Crippen LogP contribution in [-0.2, 0) is 24.3 Å². The van der Waals surface area contributed by atoms with Crippen LogP contribution in [0.2, 0.25) is 5.02 Å². The maximum Gasteiger partial charge on any atom is 0.241 e. The summed E-state index contributed by atoms with van der Waals surface area (Å²) in [6.45, 7) is 8.29. The maximum absolute atomic E-state index is 13.2. The molecule has 32 heavy (non-hydrogen) atoms. The summed E-state index contributed by atoms with van der Waals surface area (Å²) in [6.07, 6.45) is 0. The van der Waals surface area contributed by atoms with Gasteiger partial charge in [-0.2, -0.15) is 4.72 Å². The van der Waals surface area contributed by atoms with E-state index in [-0.39, 0.29) is 22.6 Å². The van der Waals surface area contributed by atoms with E-state index in [2.05, 4.69) is 4.72 Å². The lowest BCUT2D eigenvalue weighted by Gasteiger charge is -2.38. The third-order valence-corrected chi connectivity index (χ3v) is 7.40. The molecule has 1 aromatic rings. The summed E-state index contributed by atoms with van der Waals surface area (Å²) in [7, 11) is -3.90. The van der Waals surface area contributed by atoms with Gasteiger partial charge in [0.2, 0.25) is 21.8 Å². The molecule has 1 atom stereocenters. The van der Waals surface area contributed by atoms with Gasteiger partial charge < -0.3 is 14.5 Å². The van der Waals surface area contributed by atoms with Crippen LogP contribution in [0.15, 0.2) is 29.2 Å².